The van der Waals surface area contributed by atoms with Gasteiger partial charge in [-0.15, -0.1) is 0 Å². The molecule has 0 aliphatic heterocycles. The van der Waals surface area contributed by atoms with Gasteiger partial charge in [-0.1, -0.05) is 19.3 Å². The van der Waals surface area contributed by atoms with E-state index in [-0.39, 0.29) is 11.9 Å². The van der Waals surface area contributed by atoms with Gasteiger partial charge in [0.05, 0.1) is 6.04 Å². The maximum atomic E-state index is 12.0. The van der Waals surface area contributed by atoms with Crippen LogP contribution in [0.15, 0.2) is 0 Å². The molecule has 2 unspecified atom stereocenters. The summed E-state index contributed by atoms with van der Waals surface area (Å²) in [4.78, 5) is 12.0. The van der Waals surface area contributed by atoms with Crippen molar-refractivity contribution >= 4 is 17.7 Å². The highest BCUT2D eigenvalue weighted by Crippen LogP contribution is 2.17. The van der Waals surface area contributed by atoms with Crippen molar-refractivity contribution in [3.8, 4) is 0 Å². The van der Waals surface area contributed by atoms with Crippen LogP contribution >= 0.6 is 11.8 Å². The van der Waals surface area contributed by atoms with Gasteiger partial charge in [0.25, 0.3) is 0 Å². The molecule has 0 heterocycles. The molecule has 4 heteroatoms. The third-order valence-electron chi connectivity index (χ3n) is 3.30. The Bertz CT molecular complexity index is 229. The Balaban J connectivity index is 2.25. The van der Waals surface area contributed by atoms with Crippen LogP contribution in [0.1, 0.15) is 46.0 Å². The zero-order valence-corrected chi connectivity index (χ0v) is 12.1. The summed E-state index contributed by atoms with van der Waals surface area (Å²) in [6.07, 6.45) is 8.23. The van der Waals surface area contributed by atoms with Crippen molar-refractivity contribution in [3.63, 3.8) is 0 Å². The van der Waals surface area contributed by atoms with Crippen LogP contribution in [-0.4, -0.2) is 36.0 Å². The normalized spacial score (nSPS) is 20.9. The fourth-order valence-corrected chi connectivity index (χ4v) is 2.97. The van der Waals surface area contributed by atoms with E-state index in [4.69, 9.17) is 0 Å². The minimum atomic E-state index is -0.0842. The molecule has 1 amide bonds. The van der Waals surface area contributed by atoms with Crippen LogP contribution in [0.4, 0.5) is 0 Å². The molecule has 0 aromatic rings. The molecule has 3 nitrogen and oxygen atoms in total. The summed E-state index contributed by atoms with van der Waals surface area (Å²) in [6, 6.07) is 0.715. The van der Waals surface area contributed by atoms with E-state index >= 15 is 0 Å². The largest absolute Gasteiger partial charge is 0.352 e. The second-order valence-corrected chi connectivity index (χ2v) is 6.00. The highest BCUT2D eigenvalue weighted by atomic mass is 32.2. The Morgan fingerprint density at radius 3 is 2.53 bits per heavy atom. The molecule has 1 aliphatic carbocycles. The van der Waals surface area contributed by atoms with Gasteiger partial charge in [-0.25, -0.2) is 0 Å². The minimum Gasteiger partial charge on any atom is -0.352 e. The Morgan fingerprint density at radius 1 is 1.29 bits per heavy atom. The lowest BCUT2D eigenvalue weighted by Gasteiger charge is -2.26. The van der Waals surface area contributed by atoms with Crippen LogP contribution < -0.4 is 10.6 Å². The first-order valence-corrected chi connectivity index (χ1v) is 8.08. The summed E-state index contributed by atoms with van der Waals surface area (Å²) in [5.74, 6) is 1.20. The molecule has 1 aliphatic rings. The summed E-state index contributed by atoms with van der Waals surface area (Å²) in [5, 5.41) is 6.50. The Labute approximate surface area is 109 Å². The Hall–Kier alpha value is -0.220. The topological polar surface area (TPSA) is 41.1 Å². The van der Waals surface area contributed by atoms with Crippen LogP contribution in [0, 0.1) is 0 Å². The van der Waals surface area contributed by atoms with Gasteiger partial charge in [-0.3, -0.25) is 4.79 Å². The molecule has 2 atom stereocenters. The molecule has 1 saturated carbocycles. The number of carbonyl (C=O) groups is 1. The number of hydrogen-bond donors (Lipinski definition) is 2. The molecule has 0 aromatic heterocycles. The number of nitrogens with one attached hydrogen (secondary N) is 2. The predicted octanol–water partition coefficient (Wildman–Crippen LogP) is 2.16. The lowest BCUT2D eigenvalue weighted by atomic mass is 9.95. The zero-order chi connectivity index (χ0) is 12.7. The van der Waals surface area contributed by atoms with Crippen LogP contribution in [0.3, 0.4) is 0 Å². The number of carbonyl (C=O) groups excluding carboxylic acids is 1. The number of rotatable bonds is 6. The van der Waals surface area contributed by atoms with Crippen molar-refractivity contribution in [1.29, 1.82) is 0 Å². The highest BCUT2D eigenvalue weighted by Gasteiger charge is 2.20. The quantitative estimate of drug-likeness (QED) is 0.767. The van der Waals surface area contributed by atoms with Crippen molar-refractivity contribution in [3.05, 3.63) is 0 Å². The fraction of sp³-hybridized carbons (Fsp3) is 0.923. The van der Waals surface area contributed by atoms with Crippen molar-refractivity contribution in [2.45, 2.75) is 64.1 Å². The SMILES string of the molecule is CSCC(C)NC(C)C(=O)NC1CCCCC1. The molecule has 0 bridgehead atoms. The van der Waals surface area contributed by atoms with Gasteiger partial charge in [0.2, 0.25) is 5.91 Å². The van der Waals surface area contributed by atoms with E-state index in [1.54, 1.807) is 11.8 Å². The third kappa shape index (κ3) is 5.77. The van der Waals surface area contributed by atoms with E-state index in [9.17, 15) is 4.79 Å². The standard InChI is InChI=1S/C13H26N2OS/c1-10(9-17-3)14-11(2)13(16)15-12-7-5-4-6-8-12/h10-12,14H,4-9H2,1-3H3,(H,15,16). The van der Waals surface area contributed by atoms with Gasteiger partial charge in [-0.05, 0) is 32.9 Å². The van der Waals surface area contributed by atoms with Gasteiger partial charge < -0.3 is 10.6 Å². The summed E-state index contributed by atoms with van der Waals surface area (Å²) in [5.41, 5.74) is 0. The summed E-state index contributed by atoms with van der Waals surface area (Å²) in [6.45, 7) is 4.08. The summed E-state index contributed by atoms with van der Waals surface area (Å²) < 4.78 is 0. The zero-order valence-electron chi connectivity index (χ0n) is 11.3. The third-order valence-corrected chi connectivity index (χ3v) is 4.13. The second-order valence-electron chi connectivity index (χ2n) is 5.09. The smallest absolute Gasteiger partial charge is 0.237 e. The summed E-state index contributed by atoms with van der Waals surface area (Å²) in [7, 11) is 0. The van der Waals surface area contributed by atoms with E-state index in [1.807, 2.05) is 6.92 Å². The Morgan fingerprint density at radius 2 is 1.94 bits per heavy atom. The van der Waals surface area contributed by atoms with E-state index < -0.39 is 0 Å². The molecule has 1 fully saturated rings. The minimum absolute atomic E-state index is 0.0842. The average Bonchev–Trinajstić information content (AvgIpc) is 2.30. The van der Waals surface area contributed by atoms with Gasteiger partial charge in [0.1, 0.15) is 0 Å². The fourth-order valence-electron chi connectivity index (χ4n) is 2.37. The Kier molecular flexibility index (Phi) is 6.97. The molecule has 0 radical (unpaired) electrons. The molecule has 0 saturated heterocycles. The molecule has 100 valence electrons. The molecule has 1 rings (SSSR count). The van der Waals surface area contributed by atoms with Crippen LogP contribution in [0.25, 0.3) is 0 Å². The van der Waals surface area contributed by atoms with Gasteiger partial charge in [0.15, 0.2) is 0 Å². The number of thioether (sulfide) groups is 1. The molecule has 0 aromatic carbocycles. The van der Waals surface area contributed by atoms with E-state index in [1.165, 1.54) is 19.3 Å². The molecular formula is C13H26N2OS. The predicted molar refractivity (Wildman–Crippen MR) is 75.5 cm³/mol. The first kappa shape index (κ1) is 14.8. The van der Waals surface area contributed by atoms with Crippen molar-refractivity contribution in [2.24, 2.45) is 0 Å². The van der Waals surface area contributed by atoms with E-state index in [2.05, 4.69) is 23.8 Å². The lowest BCUT2D eigenvalue weighted by molar-refractivity contribution is -0.123. The van der Waals surface area contributed by atoms with Crippen LogP contribution in [0.5, 0.6) is 0 Å². The molecular weight excluding hydrogens is 232 g/mol. The van der Waals surface area contributed by atoms with E-state index in [0.29, 0.717) is 12.1 Å². The van der Waals surface area contributed by atoms with Crippen LogP contribution in [-0.2, 0) is 4.79 Å². The van der Waals surface area contributed by atoms with Crippen LogP contribution in [0.2, 0.25) is 0 Å². The molecule has 2 N–H and O–H groups in total. The number of amides is 1. The average molecular weight is 258 g/mol. The van der Waals surface area contributed by atoms with Gasteiger partial charge >= 0.3 is 0 Å². The van der Waals surface area contributed by atoms with Gasteiger partial charge in [-0.2, -0.15) is 11.8 Å². The first-order valence-electron chi connectivity index (χ1n) is 6.69. The maximum absolute atomic E-state index is 12.0. The second kappa shape index (κ2) is 7.98. The summed E-state index contributed by atoms with van der Waals surface area (Å²) >= 11 is 1.80. The maximum Gasteiger partial charge on any atom is 0.237 e. The number of hydrogen-bond acceptors (Lipinski definition) is 3. The van der Waals surface area contributed by atoms with Crippen molar-refractivity contribution < 1.29 is 4.79 Å². The highest BCUT2D eigenvalue weighted by molar-refractivity contribution is 7.98. The molecule has 0 spiro atoms. The van der Waals surface area contributed by atoms with Crippen molar-refractivity contribution in [2.75, 3.05) is 12.0 Å². The van der Waals surface area contributed by atoms with E-state index in [0.717, 1.165) is 18.6 Å². The van der Waals surface area contributed by atoms with Crippen molar-refractivity contribution in [1.82, 2.24) is 10.6 Å². The first-order chi connectivity index (χ1) is 8.13. The lowest BCUT2D eigenvalue weighted by Crippen LogP contribution is -2.49. The molecule has 17 heavy (non-hydrogen) atoms. The van der Waals surface area contributed by atoms with Gasteiger partial charge in [0, 0.05) is 17.8 Å². The monoisotopic (exact) mass is 258 g/mol.